The minimum Gasteiger partial charge on any atom is -0.399 e. The van der Waals surface area contributed by atoms with Crippen LogP contribution >= 0.6 is 23.4 Å². The Morgan fingerprint density at radius 3 is 2.85 bits per heavy atom. The Morgan fingerprint density at radius 2 is 2.05 bits per heavy atom. The number of anilines is 1. The van der Waals surface area contributed by atoms with Crippen molar-refractivity contribution in [2.45, 2.75) is 16.8 Å². The normalized spacial score (nSPS) is 10.9. The SMILES string of the molecule is Cc1cc(Sc2ncccc2Cl)c2cc(N)ccc2n1. The first-order valence-corrected chi connectivity index (χ1v) is 7.28. The molecule has 3 nitrogen and oxygen atoms in total. The van der Waals surface area contributed by atoms with E-state index >= 15 is 0 Å². The monoisotopic (exact) mass is 301 g/mol. The van der Waals surface area contributed by atoms with Gasteiger partial charge in [0.05, 0.1) is 10.5 Å². The van der Waals surface area contributed by atoms with Gasteiger partial charge in [-0.1, -0.05) is 23.4 Å². The zero-order valence-electron chi connectivity index (χ0n) is 10.8. The van der Waals surface area contributed by atoms with Gasteiger partial charge >= 0.3 is 0 Å². The molecule has 0 aliphatic heterocycles. The van der Waals surface area contributed by atoms with Gasteiger partial charge in [-0.2, -0.15) is 0 Å². The van der Waals surface area contributed by atoms with Crippen molar-refractivity contribution in [3.8, 4) is 0 Å². The quantitative estimate of drug-likeness (QED) is 0.716. The summed E-state index contributed by atoms with van der Waals surface area (Å²) in [5.74, 6) is 0. The van der Waals surface area contributed by atoms with Gasteiger partial charge < -0.3 is 5.73 Å². The lowest BCUT2D eigenvalue weighted by Crippen LogP contribution is -1.90. The molecule has 0 spiro atoms. The van der Waals surface area contributed by atoms with Crippen LogP contribution in [0, 0.1) is 6.92 Å². The molecule has 2 N–H and O–H groups in total. The topological polar surface area (TPSA) is 51.8 Å². The van der Waals surface area contributed by atoms with Crippen LogP contribution in [0.15, 0.2) is 52.5 Å². The van der Waals surface area contributed by atoms with E-state index in [9.17, 15) is 0 Å². The van der Waals surface area contributed by atoms with Crippen LogP contribution in [0.1, 0.15) is 5.69 Å². The predicted molar refractivity (Wildman–Crippen MR) is 84.3 cm³/mol. The van der Waals surface area contributed by atoms with Crippen molar-refractivity contribution in [2.75, 3.05) is 5.73 Å². The van der Waals surface area contributed by atoms with E-state index in [1.807, 2.05) is 43.3 Å². The highest BCUT2D eigenvalue weighted by molar-refractivity contribution is 7.99. The maximum Gasteiger partial charge on any atom is 0.119 e. The number of hydrogen-bond acceptors (Lipinski definition) is 4. The van der Waals surface area contributed by atoms with E-state index in [1.165, 1.54) is 11.8 Å². The largest absolute Gasteiger partial charge is 0.399 e. The van der Waals surface area contributed by atoms with Crippen molar-refractivity contribution < 1.29 is 0 Å². The molecule has 3 aromatic rings. The lowest BCUT2D eigenvalue weighted by molar-refractivity contribution is 1.13. The maximum atomic E-state index is 6.17. The minimum absolute atomic E-state index is 0.643. The molecule has 0 atom stereocenters. The van der Waals surface area contributed by atoms with Gasteiger partial charge in [-0.05, 0) is 43.3 Å². The van der Waals surface area contributed by atoms with Crippen LogP contribution in [0.2, 0.25) is 5.02 Å². The van der Waals surface area contributed by atoms with Gasteiger partial charge in [0.25, 0.3) is 0 Å². The van der Waals surface area contributed by atoms with Gasteiger partial charge in [-0.15, -0.1) is 0 Å². The summed E-state index contributed by atoms with van der Waals surface area (Å²) in [5.41, 5.74) is 8.48. The van der Waals surface area contributed by atoms with Gasteiger partial charge in [0.15, 0.2) is 0 Å². The molecular weight excluding hydrogens is 290 g/mol. The molecule has 2 aromatic heterocycles. The number of halogens is 1. The van der Waals surface area contributed by atoms with Crippen LogP contribution in [0.3, 0.4) is 0 Å². The van der Waals surface area contributed by atoms with E-state index in [4.69, 9.17) is 17.3 Å². The lowest BCUT2D eigenvalue weighted by atomic mass is 10.2. The van der Waals surface area contributed by atoms with Crippen molar-refractivity contribution in [1.29, 1.82) is 0 Å². The van der Waals surface area contributed by atoms with Gasteiger partial charge in [0.2, 0.25) is 0 Å². The predicted octanol–water partition coefficient (Wildman–Crippen LogP) is 4.33. The Kier molecular flexibility index (Phi) is 3.51. The molecular formula is C15H12ClN3S. The van der Waals surface area contributed by atoms with Gasteiger partial charge in [-0.3, -0.25) is 4.98 Å². The Hall–Kier alpha value is -1.78. The number of aromatic nitrogens is 2. The molecule has 0 aliphatic carbocycles. The average Bonchev–Trinajstić information content (AvgIpc) is 2.42. The van der Waals surface area contributed by atoms with Crippen LogP contribution in [0.25, 0.3) is 10.9 Å². The smallest absolute Gasteiger partial charge is 0.119 e. The van der Waals surface area contributed by atoms with Crippen molar-refractivity contribution in [1.82, 2.24) is 9.97 Å². The summed E-state index contributed by atoms with van der Waals surface area (Å²) in [4.78, 5) is 9.89. The highest BCUT2D eigenvalue weighted by atomic mass is 35.5. The molecule has 0 amide bonds. The number of pyridine rings is 2. The summed E-state index contributed by atoms with van der Waals surface area (Å²) in [6, 6.07) is 11.4. The molecule has 5 heteroatoms. The number of aryl methyl sites for hydroxylation is 1. The number of nitrogen functional groups attached to an aromatic ring is 1. The summed E-state index contributed by atoms with van der Waals surface area (Å²) in [5, 5.41) is 2.44. The molecule has 3 rings (SSSR count). The lowest BCUT2D eigenvalue weighted by Gasteiger charge is -2.08. The molecule has 100 valence electrons. The summed E-state index contributed by atoms with van der Waals surface area (Å²) in [6.45, 7) is 1.97. The second-order valence-electron chi connectivity index (χ2n) is 4.43. The number of nitrogens with zero attached hydrogens (tertiary/aromatic N) is 2. The zero-order chi connectivity index (χ0) is 14.1. The molecule has 2 heterocycles. The third-order valence-electron chi connectivity index (χ3n) is 2.85. The first kappa shape index (κ1) is 13.2. The van der Waals surface area contributed by atoms with E-state index < -0.39 is 0 Å². The number of rotatable bonds is 2. The molecule has 1 aromatic carbocycles. The van der Waals surface area contributed by atoms with Crippen LogP contribution in [-0.2, 0) is 0 Å². The number of fused-ring (bicyclic) bond motifs is 1. The maximum absolute atomic E-state index is 6.17. The molecule has 0 radical (unpaired) electrons. The van der Waals surface area contributed by atoms with E-state index in [2.05, 4.69) is 9.97 Å². The van der Waals surface area contributed by atoms with Gasteiger partial charge in [0, 0.05) is 27.9 Å². The Bertz CT molecular complexity index is 789. The highest BCUT2D eigenvalue weighted by Crippen LogP contribution is 2.36. The van der Waals surface area contributed by atoms with Crippen molar-refractivity contribution in [3.05, 3.63) is 53.3 Å². The van der Waals surface area contributed by atoms with Crippen LogP contribution in [-0.4, -0.2) is 9.97 Å². The fourth-order valence-electron chi connectivity index (χ4n) is 1.97. The van der Waals surface area contributed by atoms with Crippen LogP contribution in [0.4, 0.5) is 5.69 Å². The van der Waals surface area contributed by atoms with Crippen molar-refractivity contribution >= 4 is 40.0 Å². The second kappa shape index (κ2) is 5.31. The van der Waals surface area contributed by atoms with Crippen molar-refractivity contribution in [2.24, 2.45) is 0 Å². The van der Waals surface area contributed by atoms with E-state index in [1.54, 1.807) is 6.20 Å². The van der Waals surface area contributed by atoms with Gasteiger partial charge in [0.1, 0.15) is 5.03 Å². The van der Waals surface area contributed by atoms with Gasteiger partial charge in [-0.25, -0.2) is 4.98 Å². The molecule has 0 fully saturated rings. The molecule has 0 saturated carbocycles. The number of nitrogens with two attached hydrogens (primary N) is 1. The summed E-state index contributed by atoms with van der Waals surface area (Å²) in [6.07, 6.45) is 1.73. The number of hydrogen-bond donors (Lipinski definition) is 1. The Labute approximate surface area is 126 Å². The minimum atomic E-state index is 0.643. The van der Waals surface area contributed by atoms with E-state index in [-0.39, 0.29) is 0 Å². The Morgan fingerprint density at radius 1 is 1.20 bits per heavy atom. The molecule has 0 bridgehead atoms. The third-order valence-corrected chi connectivity index (χ3v) is 4.35. The summed E-state index contributed by atoms with van der Waals surface area (Å²) in [7, 11) is 0. The van der Waals surface area contributed by atoms with Crippen LogP contribution < -0.4 is 5.73 Å². The van der Waals surface area contributed by atoms with Crippen LogP contribution in [0.5, 0.6) is 0 Å². The molecule has 20 heavy (non-hydrogen) atoms. The van der Waals surface area contributed by atoms with Crippen molar-refractivity contribution in [3.63, 3.8) is 0 Å². The van der Waals surface area contributed by atoms with E-state index in [0.717, 1.165) is 32.2 Å². The fraction of sp³-hybridized carbons (Fsp3) is 0.0667. The average molecular weight is 302 g/mol. The highest BCUT2D eigenvalue weighted by Gasteiger charge is 2.09. The molecule has 0 saturated heterocycles. The molecule has 0 aliphatic rings. The third kappa shape index (κ3) is 2.57. The second-order valence-corrected chi connectivity index (χ2v) is 5.87. The summed E-state index contributed by atoms with van der Waals surface area (Å²) >= 11 is 7.70. The Balaban J connectivity index is 2.15. The standard InChI is InChI=1S/C15H12ClN3S/c1-9-7-14(20-15-12(16)3-2-6-18-15)11-8-10(17)4-5-13(11)19-9/h2-8H,17H2,1H3. The zero-order valence-corrected chi connectivity index (χ0v) is 12.4. The first-order valence-electron chi connectivity index (χ1n) is 6.09. The summed E-state index contributed by atoms with van der Waals surface area (Å²) < 4.78 is 0. The molecule has 0 unspecified atom stereocenters. The number of benzene rings is 1. The first-order chi connectivity index (χ1) is 9.63. The van der Waals surface area contributed by atoms with E-state index in [0.29, 0.717) is 5.02 Å². The fourth-order valence-corrected chi connectivity index (χ4v) is 3.20.